The van der Waals surface area contributed by atoms with E-state index in [1.807, 2.05) is 6.07 Å². The van der Waals surface area contributed by atoms with Crippen LogP contribution in [0.4, 0.5) is 0 Å². The summed E-state index contributed by atoms with van der Waals surface area (Å²) in [5.74, 6) is 0.0199. The molecule has 0 aliphatic carbocycles. The van der Waals surface area contributed by atoms with Crippen molar-refractivity contribution in [3.05, 3.63) is 29.8 Å². The second kappa shape index (κ2) is 9.00. The minimum Gasteiger partial charge on any atom is -0.494 e. The minimum absolute atomic E-state index is 0.0619. The summed E-state index contributed by atoms with van der Waals surface area (Å²) < 4.78 is 10.4. The number of esters is 1. The number of unbranched alkanes of at least 4 members (excludes halogenated alkanes) is 1. The predicted octanol–water partition coefficient (Wildman–Crippen LogP) is 2.50. The van der Waals surface area contributed by atoms with Crippen LogP contribution in [0.15, 0.2) is 24.3 Å². The standard InChI is InChI=1S/C16H23NO4/c1-4-6-10-21-14-9-7-8-13(11-14)16(19)17(3)12-15(18)20-5-2/h7-9,11H,4-6,10,12H2,1-3H3. The fourth-order valence-electron chi connectivity index (χ4n) is 1.75. The van der Waals surface area contributed by atoms with E-state index in [1.54, 1.807) is 32.2 Å². The van der Waals surface area contributed by atoms with E-state index >= 15 is 0 Å². The predicted molar refractivity (Wildman–Crippen MR) is 80.4 cm³/mol. The van der Waals surface area contributed by atoms with Gasteiger partial charge in [-0.05, 0) is 31.5 Å². The Balaban J connectivity index is 2.64. The molecule has 1 amide bonds. The molecule has 5 heteroatoms. The Kier molecular flexibility index (Phi) is 7.29. The topological polar surface area (TPSA) is 55.8 Å². The van der Waals surface area contributed by atoms with Gasteiger partial charge in [0.25, 0.3) is 5.91 Å². The highest BCUT2D eigenvalue weighted by Crippen LogP contribution is 2.15. The third-order valence-electron chi connectivity index (χ3n) is 2.87. The molecular weight excluding hydrogens is 270 g/mol. The molecule has 0 heterocycles. The second-order valence-corrected chi connectivity index (χ2v) is 4.70. The third-order valence-corrected chi connectivity index (χ3v) is 2.87. The summed E-state index contributed by atoms with van der Waals surface area (Å²) in [7, 11) is 1.57. The van der Waals surface area contributed by atoms with Crippen molar-refractivity contribution in [3.8, 4) is 5.75 Å². The van der Waals surface area contributed by atoms with Crippen LogP contribution in [-0.4, -0.2) is 43.6 Å². The minimum atomic E-state index is -0.413. The molecule has 0 saturated heterocycles. The largest absolute Gasteiger partial charge is 0.494 e. The van der Waals surface area contributed by atoms with Crippen LogP contribution < -0.4 is 4.74 Å². The number of nitrogens with zero attached hydrogens (tertiary/aromatic N) is 1. The molecule has 21 heavy (non-hydrogen) atoms. The highest BCUT2D eigenvalue weighted by atomic mass is 16.5. The Labute approximate surface area is 125 Å². The van der Waals surface area contributed by atoms with E-state index in [4.69, 9.17) is 9.47 Å². The molecule has 0 aromatic heterocycles. The molecule has 0 spiro atoms. The number of amides is 1. The summed E-state index contributed by atoms with van der Waals surface area (Å²) in [6, 6.07) is 6.99. The van der Waals surface area contributed by atoms with Gasteiger partial charge in [-0.3, -0.25) is 9.59 Å². The number of benzene rings is 1. The van der Waals surface area contributed by atoms with Crippen LogP contribution in [0, 0.1) is 0 Å². The monoisotopic (exact) mass is 293 g/mol. The maximum absolute atomic E-state index is 12.2. The number of hydrogen-bond acceptors (Lipinski definition) is 4. The Bertz CT molecular complexity index is 473. The zero-order valence-electron chi connectivity index (χ0n) is 12.9. The summed E-state index contributed by atoms with van der Waals surface area (Å²) in [6.45, 7) is 4.70. The van der Waals surface area contributed by atoms with Gasteiger partial charge in [-0.15, -0.1) is 0 Å². The van der Waals surface area contributed by atoms with Gasteiger partial charge < -0.3 is 14.4 Å². The van der Waals surface area contributed by atoms with Crippen LogP contribution in [-0.2, 0) is 9.53 Å². The van der Waals surface area contributed by atoms with Gasteiger partial charge in [0.1, 0.15) is 12.3 Å². The average molecular weight is 293 g/mol. The molecule has 0 saturated carbocycles. The quantitative estimate of drug-likeness (QED) is 0.546. The van der Waals surface area contributed by atoms with Gasteiger partial charge in [0.15, 0.2) is 0 Å². The zero-order valence-corrected chi connectivity index (χ0v) is 12.9. The molecule has 0 aliphatic rings. The summed E-state index contributed by atoms with van der Waals surface area (Å²) >= 11 is 0. The third kappa shape index (κ3) is 5.85. The van der Waals surface area contributed by atoms with Gasteiger partial charge in [-0.25, -0.2) is 0 Å². The maximum atomic E-state index is 12.2. The van der Waals surface area contributed by atoms with E-state index in [1.165, 1.54) is 4.90 Å². The van der Waals surface area contributed by atoms with Crippen LogP contribution >= 0.6 is 0 Å². The molecule has 1 aromatic rings. The molecule has 0 N–H and O–H groups in total. The average Bonchev–Trinajstić information content (AvgIpc) is 2.47. The second-order valence-electron chi connectivity index (χ2n) is 4.70. The Morgan fingerprint density at radius 3 is 2.67 bits per heavy atom. The van der Waals surface area contributed by atoms with Gasteiger partial charge in [0, 0.05) is 12.6 Å². The van der Waals surface area contributed by atoms with Crippen LogP contribution in [0.1, 0.15) is 37.0 Å². The van der Waals surface area contributed by atoms with Gasteiger partial charge >= 0.3 is 5.97 Å². The van der Waals surface area contributed by atoms with Crippen molar-refractivity contribution in [2.75, 3.05) is 26.8 Å². The number of rotatable bonds is 8. The Morgan fingerprint density at radius 1 is 1.24 bits per heavy atom. The van der Waals surface area contributed by atoms with Crippen molar-refractivity contribution >= 4 is 11.9 Å². The van der Waals surface area contributed by atoms with Gasteiger partial charge in [0.05, 0.1) is 13.2 Å². The van der Waals surface area contributed by atoms with Crippen LogP contribution in [0.25, 0.3) is 0 Å². The van der Waals surface area contributed by atoms with E-state index in [9.17, 15) is 9.59 Å². The van der Waals surface area contributed by atoms with Gasteiger partial charge in [-0.1, -0.05) is 19.4 Å². The molecule has 0 fully saturated rings. The molecule has 0 aliphatic heterocycles. The summed E-state index contributed by atoms with van der Waals surface area (Å²) in [5, 5.41) is 0. The van der Waals surface area contributed by atoms with Crippen molar-refractivity contribution < 1.29 is 19.1 Å². The zero-order chi connectivity index (χ0) is 15.7. The molecule has 0 radical (unpaired) electrons. The number of carbonyl (C=O) groups excluding carboxylic acids is 2. The van der Waals surface area contributed by atoms with E-state index < -0.39 is 5.97 Å². The van der Waals surface area contributed by atoms with E-state index in [0.717, 1.165) is 12.8 Å². The Morgan fingerprint density at radius 2 is 2.00 bits per heavy atom. The van der Waals surface area contributed by atoms with Crippen LogP contribution in [0.5, 0.6) is 5.75 Å². The molecule has 0 unspecified atom stereocenters. The van der Waals surface area contributed by atoms with Crippen LogP contribution in [0.3, 0.4) is 0 Å². The normalized spacial score (nSPS) is 10.0. The first kappa shape index (κ1) is 17.0. The molecular formula is C16H23NO4. The fraction of sp³-hybridized carbons (Fsp3) is 0.500. The molecule has 0 bridgehead atoms. The van der Waals surface area contributed by atoms with Crippen molar-refractivity contribution in [2.24, 2.45) is 0 Å². The molecule has 5 nitrogen and oxygen atoms in total. The summed E-state index contributed by atoms with van der Waals surface area (Å²) in [4.78, 5) is 25.0. The van der Waals surface area contributed by atoms with Crippen molar-refractivity contribution in [1.29, 1.82) is 0 Å². The van der Waals surface area contributed by atoms with Gasteiger partial charge in [0.2, 0.25) is 0 Å². The van der Waals surface area contributed by atoms with Crippen molar-refractivity contribution in [2.45, 2.75) is 26.7 Å². The lowest BCUT2D eigenvalue weighted by atomic mass is 10.2. The summed E-state index contributed by atoms with van der Waals surface area (Å²) in [5.41, 5.74) is 0.496. The smallest absolute Gasteiger partial charge is 0.325 e. The highest BCUT2D eigenvalue weighted by Gasteiger charge is 2.16. The fourth-order valence-corrected chi connectivity index (χ4v) is 1.75. The summed E-state index contributed by atoms with van der Waals surface area (Å²) in [6.07, 6.45) is 2.03. The number of likely N-dealkylation sites (N-methyl/N-ethyl adjacent to an activating group) is 1. The molecule has 1 aromatic carbocycles. The molecule has 0 atom stereocenters. The maximum Gasteiger partial charge on any atom is 0.325 e. The van der Waals surface area contributed by atoms with Crippen molar-refractivity contribution in [3.63, 3.8) is 0 Å². The van der Waals surface area contributed by atoms with Crippen molar-refractivity contribution in [1.82, 2.24) is 4.90 Å². The first-order valence-electron chi connectivity index (χ1n) is 7.22. The number of carbonyl (C=O) groups is 2. The first-order chi connectivity index (χ1) is 10.1. The lowest BCUT2D eigenvalue weighted by Crippen LogP contribution is -2.33. The number of hydrogen-bond donors (Lipinski definition) is 0. The lowest BCUT2D eigenvalue weighted by Gasteiger charge is -2.16. The lowest BCUT2D eigenvalue weighted by molar-refractivity contribution is -0.143. The Hall–Kier alpha value is -2.04. The van der Waals surface area contributed by atoms with Gasteiger partial charge in [-0.2, -0.15) is 0 Å². The molecule has 116 valence electrons. The van der Waals surface area contributed by atoms with E-state index in [-0.39, 0.29) is 12.5 Å². The van der Waals surface area contributed by atoms with Crippen LogP contribution in [0.2, 0.25) is 0 Å². The SMILES string of the molecule is CCCCOc1cccc(C(=O)N(C)CC(=O)OCC)c1. The highest BCUT2D eigenvalue weighted by molar-refractivity contribution is 5.96. The van der Waals surface area contributed by atoms with E-state index in [2.05, 4.69) is 6.92 Å². The number of ether oxygens (including phenoxy) is 2. The van der Waals surface area contributed by atoms with E-state index in [0.29, 0.717) is 24.5 Å². The first-order valence-corrected chi connectivity index (χ1v) is 7.22. The molecule has 1 rings (SSSR count).